The van der Waals surface area contributed by atoms with Crippen LogP contribution in [0, 0.1) is 0 Å². The number of hydrogen-bond donors (Lipinski definition) is 1. The molecular weight excluding hydrogens is 296 g/mol. The lowest BCUT2D eigenvalue weighted by Gasteiger charge is -2.28. The fourth-order valence-corrected chi connectivity index (χ4v) is 2.71. The van der Waals surface area contributed by atoms with E-state index in [1.165, 1.54) is 6.39 Å². The van der Waals surface area contributed by atoms with E-state index in [2.05, 4.69) is 20.2 Å². The molecule has 0 aromatic carbocycles. The van der Waals surface area contributed by atoms with Crippen LogP contribution in [0.1, 0.15) is 35.0 Å². The van der Waals surface area contributed by atoms with E-state index in [0.29, 0.717) is 17.5 Å². The highest BCUT2D eigenvalue weighted by Crippen LogP contribution is 2.40. The first-order chi connectivity index (χ1) is 11.3. The summed E-state index contributed by atoms with van der Waals surface area (Å²) in [5.41, 5.74) is 1.79. The van der Waals surface area contributed by atoms with Crippen LogP contribution in [0.15, 0.2) is 29.1 Å². The van der Waals surface area contributed by atoms with Crippen molar-refractivity contribution in [2.75, 3.05) is 36.5 Å². The first-order valence-corrected chi connectivity index (χ1v) is 7.85. The topological polar surface area (TPSA) is 80.5 Å². The molecule has 0 bridgehead atoms. The second-order valence-electron chi connectivity index (χ2n) is 5.80. The molecule has 0 unspecified atom stereocenters. The lowest BCUT2D eigenvalue weighted by atomic mass is 10.2. The highest BCUT2D eigenvalue weighted by Gasteiger charge is 2.32. The third-order valence-corrected chi connectivity index (χ3v) is 4.13. The number of carbonyl (C=O) groups excluding carboxylic acids is 1. The smallest absolute Gasteiger partial charge is 0.294 e. The van der Waals surface area contributed by atoms with E-state index in [1.807, 2.05) is 6.07 Å². The van der Waals surface area contributed by atoms with Gasteiger partial charge in [0.25, 0.3) is 5.91 Å². The predicted octanol–water partition coefficient (Wildman–Crippen LogP) is 2.04. The van der Waals surface area contributed by atoms with Crippen molar-refractivity contribution in [3.05, 3.63) is 36.2 Å². The number of hydrogen-bond acceptors (Lipinski definition) is 6. The molecule has 7 heteroatoms. The van der Waals surface area contributed by atoms with Crippen LogP contribution in [0.4, 0.5) is 11.5 Å². The summed E-state index contributed by atoms with van der Waals surface area (Å²) < 4.78 is 10.6. The van der Waals surface area contributed by atoms with Crippen molar-refractivity contribution in [1.82, 2.24) is 9.97 Å². The number of oxazole rings is 1. The first-order valence-electron chi connectivity index (χ1n) is 7.85. The number of morpholine rings is 1. The van der Waals surface area contributed by atoms with Gasteiger partial charge in [0.15, 0.2) is 6.39 Å². The number of carbonyl (C=O) groups is 1. The zero-order valence-corrected chi connectivity index (χ0v) is 12.7. The highest BCUT2D eigenvalue weighted by atomic mass is 16.5. The van der Waals surface area contributed by atoms with Crippen molar-refractivity contribution in [3.63, 3.8) is 0 Å². The Balaban J connectivity index is 1.44. The number of amides is 1. The van der Waals surface area contributed by atoms with Crippen LogP contribution < -0.4 is 10.2 Å². The summed E-state index contributed by atoms with van der Waals surface area (Å²) in [4.78, 5) is 23.0. The van der Waals surface area contributed by atoms with Crippen molar-refractivity contribution in [1.29, 1.82) is 0 Å². The van der Waals surface area contributed by atoms with Crippen molar-refractivity contribution in [3.8, 4) is 0 Å². The molecule has 2 aliphatic rings. The molecule has 0 radical (unpaired) electrons. The summed E-state index contributed by atoms with van der Waals surface area (Å²) in [6, 6.07) is 3.76. The lowest BCUT2D eigenvalue weighted by Crippen LogP contribution is -2.36. The zero-order valence-electron chi connectivity index (χ0n) is 12.7. The lowest BCUT2D eigenvalue weighted by molar-refractivity contribution is 0.0995. The normalized spacial score (nSPS) is 18.0. The number of ether oxygens (including phenoxy) is 1. The van der Waals surface area contributed by atoms with E-state index in [4.69, 9.17) is 9.15 Å². The zero-order chi connectivity index (χ0) is 15.6. The van der Waals surface area contributed by atoms with Crippen molar-refractivity contribution >= 4 is 17.4 Å². The van der Waals surface area contributed by atoms with E-state index in [0.717, 1.165) is 50.5 Å². The van der Waals surface area contributed by atoms with Crippen LogP contribution in [-0.2, 0) is 4.74 Å². The Bertz CT molecular complexity index is 688. The molecule has 1 N–H and O–H groups in total. The first kappa shape index (κ1) is 14.2. The minimum atomic E-state index is -0.295. The van der Waals surface area contributed by atoms with Gasteiger partial charge in [-0.3, -0.25) is 4.79 Å². The van der Waals surface area contributed by atoms with Crippen molar-refractivity contribution < 1.29 is 13.9 Å². The maximum Gasteiger partial charge on any atom is 0.294 e. The minimum Gasteiger partial charge on any atom is -0.438 e. The van der Waals surface area contributed by atoms with Gasteiger partial charge in [0.05, 0.1) is 30.8 Å². The number of nitrogens with zero attached hydrogens (tertiary/aromatic N) is 3. The van der Waals surface area contributed by atoms with Crippen LogP contribution in [0.3, 0.4) is 0 Å². The standard InChI is InChI=1S/C16H18N4O3/c21-16(15-14(11-1-2-11)18-10-23-15)19-13-4-3-12(9-17-13)20-5-7-22-8-6-20/h3-4,9-11H,1-2,5-8H2,(H,17,19,21). The maximum absolute atomic E-state index is 12.3. The number of nitrogens with one attached hydrogen (secondary N) is 1. The van der Waals surface area contributed by atoms with Gasteiger partial charge in [-0.15, -0.1) is 0 Å². The second-order valence-corrected chi connectivity index (χ2v) is 5.80. The maximum atomic E-state index is 12.3. The molecule has 4 rings (SSSR count). The molecule has 1 aliphatic carbocycles. The Morgan fingerprint density at radius 2 is 2.04 bits per heavy atom. The average Bonchev–Trinajstić information content (AvgIpc) is 3.33. The Labute approximate surface area is 133 Å². The van der Waals surface area contributed by atoms with Crippen LogP contribution >= 0.6 is 0 Å². The minimum absolute atomic E-state index is 0.295. The molecule has 2 aromatic heterocycles. The molecule has 7 nitrogen and oxygen atoms in total. The SMILES string of the molecule is O=C(Nc1ccc(N2CCOCC2)cn1)c1ocnc1C1CC1. The molecule has 1 aliphatic heterocycles. The number of anilines is 2. The van der Waals surface area contributed by atoms with Gasteiger partial charge < -0.3 is 19.4 Å². The van der Waals surface area contributed by atoms with Crippen LogP contribution in [0.5, 0.6) is 0 Å². The summed E-state index contributed by atoms with van der Waals surface area (Å²) in [5.74, 6) is 0.874. The van der Waals surface area contributed by atoms with Crippen molar-refractivity contribution in [2.45, 2.75) is 18.8 Å². The predicted molar refractivity (Wildman–Crippen MR) is 83.7 cm³/mol. The van der Waals surface area contributed by atoms with Gasteiger partial charge in [-0.2, -0.15) is 0 Å². The van der Waals surface area contributed by atoms with Gasteiger partial charge in [0.1, 0.15) is 5.82 Å². The molecule has 120 valence electrons. The van der Waals surface area contributed by atoms with E-state index < -0.39 is 0 Å². The summed E-state index contributed by atoms with van der Waals surface area (Å²) >= 11 is 0. The highest BCUT2D eigenvalue weighted by molar-refractivity contribution is 6.02. The van der Waals surface area contributed by atoms with E-state index in [-0.39, 0.29) is 5.91 Å². The average molecular weight is 314 g/mol. The fourth-order valence-electron chi connectivity index (χ4n) is 2.71. The van der Waals surface area contributed by atoms with E-state index in [9.17, 15) is 4.79 Å². The third-order valence-electron chi connectivity index (χ3n) is 4.13. The Hall–Kier alpha value is -2.41. The van der Waals surface area contributed by atoms with Gasteiger partial charge in [0.2, 0.25) is 5.76 Å². The summed E-state index contributed by atoms with van der Waals surface area (Å²) in [6.45, 7) is 3.17. The van der Waals surface area contributed by atoms with E-state index in [1.54, 1.807) is 12.3 Å². The molecule has 2 fully saturated rings. The molecule has 23 heavy (non-hydrogen) atoms. The largest absolute Gasteiger partial charge is 0.438 e. The van der Waals surface area contributed by atoms with Gasteiger partial charge in [0, 0.05) is 19.0 Å². The number of pyridine rings is 1. The molecule has 1 saturated heterocycles. The quantitative estimate of drug-likeness (QED) is 0.930. The number of aromatic nitrogens is 2. The third kappa shape index (κ3) is 3.05. The fraction of sp³-hybridized carbons (Fsp3) is 0.438. The molecular formula is C16H18N4O3. The van der Waals surface area contributed by atoms with Gasteiger partial charge in [-0.1, -0.05) is 0 Å². The second kappa shape index (κ2) is 6.00. The summed E-state index contributed by atoms with van der Waals surface area (Å²) in [7, 11) is 0. The summed E-state index contributed by atoms with van der Waals surface area (Å²) in [5, 5.41) is 2.77. The molecule has 2 aromatic rings. The molecule has 0 atom stereocenters. The van der Waals surface area contributed by atoms with E-state index >= 15 is 0 Å². The monoisotopic (exact) mass is 314 g/mol. The number of rotatable bonds is 4. The van der Waals surface area contributed by atoms with Crippen molar-refractivity contribution in [2.24, 2.45) is 0 Å². The molecule has 3 heterocycles. The Morgan fingerprint density at radius 3 is 2.74 bits per heavy atom. The molecule has 1 amide bonds. The van der Waals surface area contributed by atoms with Crippen LogP contribution in [0.2, 0.25) is 0 Å². The van der Waals surface area contributed by atoms with Gasteiger partial charge >= 0.3 is 0 Å². The van der Waals surface area contributed by atoms with Crippen LogP contribution in [0.25, 0.3) is 0 Å². The Kier molecular flexibility index (Phi) is 3.70. The molecule has 0 spiro atoms. The van der Waals surface area contributed by atoms with Gasteiger partial charge in [-0.05, 0) is 25.0 Å². The molecule has 1 saturated carbocycles. The summed E-state index contributed by atoms with van der Waals surface area (Å²) in [6.07, 6.45) is 5.24. The van der Waals surface area contributed by atoms with Gasteiger partial charge in [-0.25, -0.2) is 9.97 Å². The Morgan fingerprint density at radius 1 is 1.22 bits per heavy atom. The van der Waals surface area contributed by atoms with Crippen LogP contribution in [-0.4, -0.2) is 42.2 Å².